The van der Waals surface area contributed by atoms with Crippen molar-refractivity contribution in [2.24, 2.45) is 0 Å². The van der Waals surface area contributed by atoms with Crippen LogP contribution in [-0.2, 0) is 4.74 Å². The lowest BCUT2D eigenvalue weighted by Crippen LogP contribution is -2.49. The second kappa shape index (κ2) is 6.33. The largest absolute Gasteiger partial charge is 0.506 e. The van der Waals surface area contributed by atoms with Gasteiger partial charge in [-0.2, -0.15) is 0 Å². The molecule has 1 amide bonds. The Morgan fingerprint density at radius 1 is 1.35 bits per heavy atom. The number of alkyl carbamates (subject to hydrolysis) is 1. The number of alkyl halides is 2. The molecule has 1 aliphatic heterocycles. The predicted octanol–water partition coefficient (Wildman–Crippen LogP) is 4.52. The molecule has 1 fully saturated rings. The molecule has 2 N–H and O–H groups in total. The maximum Gasteiger partial charge on any atom is 0.408 e. The highest BCUT2D eigenvalue weighted by Crippen LogP contribution is 2.46. The van der Waals surface area contributed by atoms with Crippen molar-refractivity contribution in [3.8, 4) is 5.75 Å². The normalized spacial score (nSPS) is 20.6. The molecule has 0 aromatic heterocycles. The smallest absolute Gasteiger partial charge is 0.408 e. The summed E-state index contributed by atoms with van der Waals surface area (Å²) in [6.45, 7) is -1.01. The van der Waals surface area contributed by atoms with Crippen LogP contribution >= 0.6 is 60.2 Å². The molecular weight excluding hydrogens is 495 g/mol. The van der Waals surface area contributed by atoms with E-state index in [2.05, 4.69) is 57.8 Å². The zero-order valence-electron chi connectivity index (χ0n) is 9.42. The van der Waals surface area contributed by atoms with Crippen molar-refractivity contribution in [1.82, 2.24) is 5.32 Å². The van der Waals surface area contributed by atoms with Crippen molar-refractivity contribution in [2.45, 2.75) is 12.0 Å². The van der Waals surface area contributed by atoms with Crippen molar-refractivity contribution in [3.05, 3.63) is 25.0 Å². The second-order valence-corrected chi connectivity index (χ2v) is 6.33. The van der Waals surface area contributed by atoms with Gasteiger partial charge in [0.2, 0.25) is 0 Å². The highest BCUT2D eigenvalue weighted by atomic mass is 79.9. The quantitative estimate of drug-likeness (QED) is 0.594. The molecule has 0 radical (unpaired) electrons. The number of hydrogen-bond donors (Lipinski definition) is 2. The highest BCUT2D eigenvalue weighted by molar-refractivity contribution is 9.11. The lowest BCUT2D eigenvalue weighted by Gasteiger charge is -2.33. The van der Waals surface area contributed by atoms with Crippen LogP contribution in [0.1, 0.15) is 11.6 Å². The molecule has 0 bridgehead atoms. The Labute approximate surface area is 144 Å². The van der Waals surface area contributed by atoms with Crippen molar-refractivity contribution < 1.29 is 23.4 Å². The molecular formula is C10H7Br3ClF2NO3. The molecule has 1 atom stereocenters. The van der Waals surface area contributed by atoms with Crippen LogP contribution in [0.4, 0.5) is 13.6 Å². The summed E-state index contributed by atoms with van der Waals surface area (Å²) in [4.78, 5) is 11.1. The Kier molecular flexibility index (Phi) is 5.67. The number of halogens is 6. The van der Waals surface area contributed by atoms with Crippen LogP contribution in [0.3, 0.4) is 0 Å². The number of phenols is 1. The summed E-state index contributed by atoms with van der Waals surface area (Å²) in [5.74, 6) is -3.52. The summed E-state index contributed by atoms with van der Waals surface area (Å²) in [5.41, 5.74) is 0.0438. The third kappa shape index (κ3) is 3.20. The molecule has 0 unspecified atom stereocenters. The first-order chi connectivity index (χ1) is 8.74. The van der Waals surface area contributed by atoms with Crippen molar-refractivity contribution in [2.75, 3.05) is 6.61 Å². The van der Waals surface area contributed by atoms with E-state index in [1.54, 1.807) is 0 Å². The number of carbonyl (C=O) groups excluding carboxylic acids is 1. The first-order valence-electron chi connectivity index (χ1n) is 4.91. The molecule has 1 aromatic carbocycles. The Balaban J connectivity index is 0.00000200. The Hall–Kier alpha value is -0.120. The molecule has 0 spiro atoms. The van der Waals surface area contributed by atoms with Gasteiger partial charge >= 0.3 is 12.0 Å². The molecule has 1 heterocycles. The average Bonchev–Trinajstić information content (AvgIpc) is 2.31. The molecule has 20 heavy (non-hydrogen) atoms. The maximum atomic E-state index is 13.8. The van der Waals surface area contributed by atoms with Gasteiger partial charge in [-0.3, -0.25) is 0 Å². The van der Waals surface area contributed by atoms with Gasteiger partial charge in [0.1, 0.15) is 11.8 Å². The van der Waals surface area contributed by atoms with Crippen molar-refractivity contribution in [1.29, 1.82) is 0 Å². The lowest BCUT2D eigenvalue weighted by molar-refractivity contribution is -0.104. The number of phenolic OH excluding ortho intramolecular Hbond substituents is 1. The van der Waals surface area contributed by atoms with Crippen LogP contribution in [0.5, 0.6) is 5.75 Å². The SMILES string of the molecule is Cl.O=C1N[C@H](c2c(Br)cc(Br)c(O)c2Br)C(F)(F)CO1. The van der Waals surface area contributed by atoms with Crippen LogP contribution < -0.4 is 5.32 Å². The molecule has 10 heteroatoms. The minimum Gasteiger partial charge on any atom is -0.506 e. The van der Waals surface area contributed by atoms with E-state index in [9.17, 15) is 18.7 Å². The van der Waals surface area contributed by atoms with E-state index >= 15 is 0 Å². The third-order valence-electron chi connectivity index (χ3n) is 2.55. The maximum absolute atomic E-state index is 13.8. The van der Waals surface area contributed by atoms with E-state index in [0.717, 1.165) is 0 Å². The van der Waals surface area contributed by atoms with Crippen LogP contribution in [0.2, 0.25) is 0 Å². The Morgan fingerprint density at radius 2 is 1.95 bits per heavy atom. The highest BCUT2D eigenvalue weighted by Gasteiger charge is 2.48. The molecule has 1 aromatic rings. The zero-order valence-corrected chi connectivity index (χ0v) is 15.0. The average molecular weight is 502 g/mol. The number of ether oxygens (including phenoxy) is 1. The van der Waals surface area contributed by atoms with Crippen LogP contribution in [0, 0.1) is 0 Å². The molecule has 1 saturated heterocycles. The zero-order chi connectivity index (χ0) is 14.4. The fourth-order valence-corrected chi connectivity index (χ4v) is 4.23. The molecule has 4 nitrogen and oxygen atoms in total. The number of nitrogens with one attached hydrogen (secondary N) is 1. The minimum absolute atomic E-state index is 0. The van der Waals surface area contributed by atoms with E-state index in [-0.39, 0.29) is 28.2 Å². The summed E-state index contributed by atoms with van der Waals surface area (Å²) in [6.07, 6.45) is -0.933. The van der Waals surface area contributed by atoms with Gasteiger partial charge < -0.3 is 15.2 Å². The Bertz CT molecular complexity index is 559. The van der Waals surface area contributed by atoms with Crippen LogP contribution in [0.15, 0.2) is 19.5 Å². The summed E-state index contributed by atoms with van der Waals surface area (Å²) < 4.78 is 32.7. The molecule has 2 rings (SSSR count). The van der Waals surface area contributed by atoms with E-state index in [1.807, 2.05) is 0 Å². The predicted molar refractivity (Wildman–Crippen MR) is 80.6 cm³/mol. The first kappa shape index (κ1) is 17.9. The number of hydrogen-bond acceptors (Lipinski definition) is 3. The van der Waals surface area contributed by atoms with Gasteiger partial charge in [0.05, 0.1) is 8.95 Å². The monoisotopic (exact) mass is 499 g/mol. The molecule has 112 valence electrons. The number of aromatic hydroxyl groups is 1. The first-order valence-corrected chi connectivity index (χ1v) is 7.29. The molecule has 0 aliphatic carbocycles. The van der Waals surface area contributed by atoms with Gasteiger partial charge in [0, 0.05) is 10.0 Å². The number of amides is 1. The van der Waals surface area contributed by atoms with E-state index in [1.165, 1.54) is 6.07 Å². The van der Waals surface area contributed by atoms with Crippen LogP contribution in [-0.4, -0.2) is 23.7 Å². The fraction of sp³-hybridized carbons (Fsp3) is 0.300. The van der Waals surface area contributed by atoms with Gasteiger partial charge in [-0.25, -0.2) is 13.6 Å². The topological polar surface area (TPSA) is 58.6 Å². The summed E-state index contributed by atoms with van der Waals surface area (Å²) in [6, 6.07) is -0.177. The van der Waals surface area contributed by atoms with E-state index in [0.29, 0.717) is 8.95 Å². The van der Waals surface area contributed by atoms with Gasteiger partial charge in [0.25, 0.3) is 0 Å². The number of rotatable bonds is 1. The molecule has 1 aliphatic rings. The minimum atomic E-state index is -3.29. The number of benzene rings is 1. The van der Waals surface area contributed by atoms with Gasteiger partial charge in [0.15, 0.2) is 6.61 Å². The van der Waals surface area contributed by atoms with Crippen LogP contribution in [0.25, 0.3) is 0 Å². The summed E-state index contributed by atoms with van der Waals surface area (Å²) in [5, 5.41) is 11.8. The summed E-state index contributed by atoms with van der Waals surface area (Å²) in [7, 11) is 0. The molecule has 0 saturated carbocycles. The third-order valence-corrected chi connectivity index (χ3v) is 4.61. The van der Waals surface area contributed by atoms with E-state index in [4.69, 9.17) is 0 Å². The Morgan fingerprint density at radius 3 is 2.55 bits per heavy atom. The second-order valence-electron chi connectivity index (χ2n) is 3.83. The van der Waals surface area contributed by atoms with Crippen molar-refractivity contribution in [3.63, 3.8) is 0 Å². The number of carbonyl (C=O) groups is 1. The standard InChI is InChI=1S/C10H6Br3F2NO3.ClH/c11-3-1-4(12)7(17)6(13)5(3)8-10(14,15)2-19-9(18)16-8;/h1,8,17H,2H2,(H,16,18);1H/t8-;/m1./s1. The van der Waals surface area contributed by atoms with Crippen molar-refractivity contribution >= 4 is 66.3 Å². The lowest BCUT2D eigenvalue weighted by atomic mass is 10.00. The van der Waals surface area contributed by atoms with Gasteiger partial charge in [-0.15, -0.1) is 12.4 Å². The summed E-state index contributed by atoms with van der Waals surface area (Å²) >= 11 is 9.28. The fourth-order valence-electron chi connectivity index (χ4n) is 1.65. The van der Waals surface area contributed by atoms with Gasteiger partial charge in [-0.1, -0.05) is 15.9 Å². The van der Waals surface area contributed by atoms with Gasteiger partial charge in [-0.05, 0) is 37.9 Å². The number of cyclic esters (lactones) is 1. The van der Waals surface area contributed by atoms with E-state index < -0.39 is 24.7 Å².